The molecule has 1 amide bonds. The van der Waals surface area contributed by atoms with Gasteiger partial charge in [0.1, 0.15) is 0 Å². The van der Waals surface area contributed by atoms with Crippen LogP contribution in [0.4, 0.5) is 0 Å². The Balaban J connectivity index is 1.36. The molecule has 1 aromatic carbocycles. The van der Waals surface area contributed by atoms with Gasteiger partial charge in [0.15, 0.2) is 11.4 Å². The first-order chi connectivity index (χ1) is 13.1. The van der Waals surface area contributed by atoms with E-state index in [9.17, 15) is 9.59 Å². The summed E-state index contributed by atoms with van der Waals surface area (Å²) in [6, 6.07) is 9.27. The topological polar surface area (TPSA) is 103 Å². The van der Waals surface area contributed by atoms with E-state index >= 15 is 0 Å². The number of aryl methyl sites for hydroxylation is 2. The molecule has 3 heterocycles. The van der Waals surface area contributed by atoms with Crippen molar-refractivity contribution in [2.75, 3.05) is 0 Å². The van der Waals surface area contributed by atoms with E-state index in [1.54, 1.807) is 6.07 Å². The lowest BCUT2D eigenvalue weighted by Crippen LogP contribution is -2.26. The summed E-state index contributed by atoms with van der Waals surface area (Å²) in [5.41, 5.74) is 2.21. The molecule has 0 aliphatic heterocycles. The van der Waals surface area contributed by atoms with Gasteiger partial charge in [0.25, 0.3) is 5.89 Å². The fourth-order valence-electron chi connectivity index (χ4n) is 2.69. The molecule has 0 radical (unpaired) electrons. The second kappa shape index (κ2) is 7.20. The lowest BCUT2D eigenvalue weighted by molar-refractivity contribution is -0.121. The zero-order chi connectivity index (χ0) is 18.8. The second-order valence-electron chi connectivity index (χ2n) is 6.01. The van der Waals surface area contributed by atoms with Gasteiger partial charge in [-0.3, -0.25) is 9.36 Å². The normalized spacial score (nSPS) is 11.1. The van der Waals surface area contributed by atoms with E-state index in [1.807, 2.05) is 36.6 Å². The predicted octanol–water partition coefficient (Wildman–Crippen LogP) is 2.72. The van der Waals surface area contributed by atoms with Gasteiger partial charge < -0.3 is 14.3 Å². The number of amides is 1. The molecule has 0 unspecified atom stereocenters. The zero-order valence-electron chi connectivity index (χ0n) is 14.5. The van der Waals surface area contributed by atoms with Crippen molar-refractivity contribution in [1.29, 1.82) is 0 Å². The summed E-state index contributed by atoms with van der Waals surface area (Å²) in [6.07, 6.45) is 0.137. The minimum Gasteiger partial charge on any atom is -0.408 e. The van der Waals surface area contributed by atoms with E-state index in [2.05, 4.69) is 15.5 Å². The Labute approximate surface area is 157 Å². The molecule has 8 nitrogen and oxygen atoms in total. The van der Waals surface area contributed by atoms with Crippen molar-refractivity contribution < 1.29 is 13.7 Å². The third kappa shape index (κ3) is 3.68. The molecular formula is C18H16N4O4S. The van der Waals surface area contributed by atoms with Gasteiger partial charge in [-0.2, -0.15) is 4.98 Å². The number of nitrogens with zero attached hydrogens (tertiary/aromatic N) is 3. The highest BCUT2D eigenvalue weighted by atomic mass is 32.1. The zero-order valence-corrected chi connectivity index (χ0v) is 15.3. The van der Waals surface area contributed by atoms with Crippen LogP contribution in [-0.4, -0.2) is 20.6 Å². The first-order valence-corrected chi connectivity index (χ1v) is 9.21. The first kappa shape index (κ1) is 17.2. The molecule has 4 aromatic rings. The number of rotatable bonds is 6. The molecule has 0 aliphatic carbocycles. The Kier molecular flexibility index (Phi) is 4.59. The summed E-state index contributed by atoms with van der Waals surface area (Å²) in [6.45, 7) is 2.32. The molecule has 1 N–H and O–H groups in total. The van der Waals surface area contributed by atoms with Crippen LogP contribution < -0.4 is 11.1 Å². The standard InChI is InChI=1S/C18H16N4O4S/c1-11-4-5-13-12(9-11)22(18(24)25-13)7-6-16(23)19-10-15-20-17(26-21-15)14-3-2-8-27-14/h2-5,8-9H,6-7,10H2,1H3,(H,19,23). The summed E-state index contributed by atoms with van der Waals surface area (Å²) in [4.78, 5) is 29.2. The average Bonchev–Trinajstić information content (AvgIpc) is 3.38. The SMILES string of the molecule is Cc1ccc2oc(=O)n(CCC(=O)NCc3noc(-c4cccs4)n3)c2c1. The lowest BCUT2D eigenvalue weighted by Gasteiger charge is -2.04. The van der Waals surface area contributed by atoms with Crippen molar-refractivity contribution in [2.24, 2.45) is 0 Å². The van der Waals surface area contributed by atoms with Crippen LogP contribution in [0.1, 0.15) is 17.8 Å². The fourth-order valence-corrected chi connectivity index (χ4v) is 3.33. The molecular weight excluding hydrogens is 368 g/mol. The van der Waals surface area contributed by atoms with Crippen LogP contribution in [0, 0.1) is 6.92 Å². The van der Waals surface area contributed by atoms with Crippen molar-refractivity contribution in [2.45, 2.75) is 26.4 Å². The molecule has 138 valence electrons. The Hall–Kier alpha value is -3.20. The van der Waals surface area contributed by atoms with Crippen LogP contribution in [-0.2, 0) is 17.9 Å². The van der Waals surface area contributed by atoms with Gasteiger partial charge >= 0.3 is 5.76 Å². The van der Waals surface area contributed by atoms with Gasteiger partial charge in [-0.1, -0.05) is 17.3 Å². The van der Waals surface area contributed by atoms with Gasteiger partial charge in [0, 0.05) is 13.0 Å². The molecule has 9 heteroatoms. The summed E-state index contributed by atoms with van der Waals surface area (Å²) in [7, 11) is 0. The second-order valence-corrected chi connectivity index (χ2v) is 6.96. The number of carbonyl (C=O) groups excluding carboxylic acids is 1. The summed E-state index contributed by atoms with van der Waals surface area (Å²) < 4.78 is 11.8. The highest BCUT2D eigenvalue weighted by molar-refractivity contribution is 7.13. The Morgan fingerprint density at radius 2 is 2.22 bits per heavy atom. The predicted molar refractivity (Wildman–Crippen MR) is 99.3 cm³/mol. The largest absolute Gasteiger partial charge is 0.419 e. The smallest absolute Gasteiger partial charge is 0.408 e. The Morgan fingerprint density at radius 1 is 1.33 bits per heavy atom. The Morgan fingerprint density at radius 3 is 3.04 bits per heavy atom. The molecule has 27 heavy (non-hydrogen) atoms. The van der Waals surface area contributed by atoms with Crippen LogP contribution >= 0.6 is 11.3 Å². The van der Waals surface area contributed by atoms with E-state index in [4.69, 9.17) is 8.94 Å². The van der Waals surface area contributed by atoms with Crippen molar-refractivity contribution in [3.63, 3.8) is 0 Å². The van der Waals surface area contributed by atoms with E-state index in [0.29, 0.717) is 22.8 Å². The van der Waals surface area contributed by atoms with Crippen molar-refractivity contribution >= 4 is 28.3 Å². The lowest BCUT2D eigenvalue weighted by atomic mass is 10.2. The maximum atomic E-state index is 12.1. The average molecular weight is 384 g/mol. The quantitative estimate of drug-likeness (QED) is 0.548. The molecule has 0 spiro atoms. The van der Waals surface area contributed by atoms with Crippen LogP contribution in [0.3, 0.4) is 0 Å². The van der Waals surface area contributed by atoms with Crippen LogP contribution in [0.5, 0.6) is 0 Å². The number of oxazole rings is 1. The molecule has 0 bridgehead atoms. The van der Waals surface area contributed by atoms with E-state index in [0.717, 1.165) is 10.4 Å². The number of nitrogens with one attached hydrogen (secondary N) is 1. The minimum atomic E-state index is -0.470. The number of benzene rings is 1. The minimum absolute atomic E-state index is 0.137. The molecule has 4 rings (SSSR count). The van der Waals surface area contributed by atoms with Crippen LogP contribution in [0.25, 0.3) is 21.9 Å². The van der Waals surface area contributed by atoms with Gasteiger partial charge in [-0.25, -0.2) is 4.79 Å². The monoisotopic (exact) mass is 384 g/mol. The van der Waals surface area contributed by atoms with Gasteiger partial charge in [0.05, 0.1) is 16.9 Å². The van der Waals surface area contributed by atoms with E-state index in [1.165, 1.54) is 15.9 Å². The van der Waals surface area contributed by atoms with Crippen molar-refractivity contribution in [3.8, 4) is 10.8 Å². The third-order valence-electron chi connectivity index (χ3n) is 4.03. The molecule has 0 fully saturated rings. The maximum absolute atomic E-state index is 12.1. The summed E-state index contributed by atoms with van der Waals surface area (Å²) in [5.74, 6) is 0.142. The number of carbonyl (C=O) groups is 1. The van der Waals surface area contributed by atoms with Crippen LogP contribution in [0.2, 0.25) is 0 Å². The van der Waals surface area contributed by atoms with Crippen molar-refractivity contribution in [3.05, 3.63) is 57.7 Å². The number of hydrogen-bond donors (Lipinski definition) is 1. The van der Waals surface area contributed by atoms with Gasteiger partial charge in [-0.05, 0) is 36.1 Å². The number of aromatic nitrogens is 3. The molecule has 0 saturated heterocycles. The van der Waals surface area contributed by atoms with Crippen molar-refractivity contribution in [1.82, 2.24) is 20.0 Å². The summed E-state index contributed by atoms with van der Waals surface area (Å²) >= 11 is 1.50. The Bertz CT molecular complexity index is 1140. The summed E-state index contributed by atoms with van der Waals surface area (Å²) in [5, 5.41) is 8.51. The third-order valence-corrected chi connectivity index (χ3v) is 4.89. The number of fused-ring (bicyclic) bond motifs is 1. The molecule has 0 aliphatic rings. The highest BCUT2D eigenvalue weighted by Crippen LogP contribution is 2.22. The van der Waals surface area contributed by atoms with E-state index in [-0.39, 0.29) is 25.4 Å². The highest BCUT2D eigenvalue weighted by Gasteiger charge is 2.13. The maximum Gasteiger partial charge on any atom is 0.419 e. The van der Waals surface area contributed by atoms with Gasteiger partial charge in [-0.15, -0.1) is 11.3 Å². The fraction of sp³-hybridized carbons (Fsp3) is 0.222. The molecule has 0 atom stereocenters. The van der Waals surface area contributed by atoms with E-state index < -0.39 is 5.76 Å². The first-order valence-electron chi connectivity index (χ1n) is 8.33. The number of thiophene rings is 1. The van der Waals surface area contributed by atoms with Gasteiger partial charge in [0.2, 0.25) is 5.91 Å². The van der Waals surface area contributed by atoms with Crippen LogP contribution in [0.15, 0.2) is 49.4 Å². The molecule has 3 aromatic heterocycles. The molecule has 0 saturated carbocycles. The number of hydrogen-bond acceptors (Lipinski definition) is 7.